The minimum absolute atomic E-state index is 0.0355. The van der Waals surface area contributed by atoms with Crippen LogP contribution in [0.4, 0.5) is 5.13 Å². The van der Waals surface area contributed by atoms with Gasteiger partial charge < -0.3 is 15.0 Å². The molecule has 0 radical (unpaired) electrons. The highest BCUT2D eigenvalue weighted by molar-refractivity contribution is 8.23. The Bertz CT molecular complexity index is 532. The molecule has 120 valence electrons. The summed E-state index contributed by atoms with van der Waals surface area (Å²) >= 11 is 8.39. The van der Waals surface area contributed by atoms with Crippen LogP contribution in [0.5, 0.6) is 0 Å². The number of anilines is 1. The molecule has 0 atom stereocenters. The number of nitrogens with zero attached hydrogens (tertiary/aromatic N) is 2. The van der Waals surface area contributed by atoms with Crippen molar-refractivity contribution < 1.29 is 9.53 Å². The fourth-order valence-electron chi connectivity index (χ4n) is 2.53. The molecule has 1 aliphatic carbocycles. The van der Waals surface area contributed by atoms with Crippen molar-refractivity contribution in [2.75, 3.05) is 37.4 Å². The molecule has 5 nitrogen and oxygen atoms in total. The summed E-state index contributed by atoms with van der Waals surface area (Å²) in [6.45, 7) is 3.04. The monoisotopic (exact) mass is 357 g/mol. The van der Waals surface area contributed by atoms with E-state index < -0.39 is 0 Å². The third-order valence-corrected chi connectivity index (χ3v) is 6.28. The van der Waals surface area contributed by atoms with Crippen LogP contribution in [0.2, 0.25) is 0 Å². The number of hydrogen-bond donors (Lipinski definition) is 1. The van der Waals surface area contributed by atoms with Crippen LogP contribution >= 0.6 is 35.3 Å². The SMILES string of the molecule is O=C(CSC(=S)N1CCOCC1)Nc1nc2c(s1)CCCC2. The summed E-state index contributed by atoms with van der Waals surface area (Å²) in [6, 6.07) is 0. The van der Waals surface area contributed by atoms with E-state index in [0.717, 1.165) is 35.4 Å². The number of nitrogens with one attached hydrogen (secondary N) is 1. The fraction of sp³-hybridized carbons (Fsp3) is 0.643. The van der Waals surface area contributed by atoms with Crippen LogP contribution in [-0.4, -0.2) is 52.2 Å². The van der Waals surface area contributed by atoms with E-state index in [4.69, 9.17) is 17.0 Å². The average Bonchev–Trinajstić information content (AvgIpc) is 2.95. The molecule has 0 saturated carbocycles. The number of fused-ring (bicyclic) bond motifs is 1. The van der Waals surface area contributed by atoms with Gasteiger partial charge in [0.15, 0.2) is 5.13 Å². The summed E-state index contributed by atoms with van der Waals surface area (Å²) in [5.74, 6) is 0.298. The van der Waals surface area contributed by atoms with Gasteiger partial charge in [-0.15, -0.1) is 11.3 Å². The molecule has 0 unspecified atom stereocenters. The highest BCUT2D eigenvalue weighted by atomic mass is 32.2. The summed E-state index contributed by atoms with van der Waals surface area (Å²) in [5.41, 5.74) is 1.17. The maximum atomic E-state index is 12.0. The molecule has 2 heterocycles. The molecule has 1 aromatic rings. The topological polar surface area (TPSA) is 54.5 Å². The molecule has 1 amide bonds. The van der Waals surface area contributed by atoms with Crippen LogP contribution < -0.4 is 5.32 Å². The molecule has 1 fully saturated rings. The number of rotatable bonds is 3. The predicted molar refractivity (Wildman–Crippen MR) is 94.8 cm³/mol. The van der Waals surface area contributed by atoms with Crippen molar-refractivity contribution in [1.82, 2.24) is 9.88 Å². The number of aryl methyl sites for hydroxylation is 2. The van der Waals surface area contributed by atoms with Gasteiger partial charge in [-0.25, -0.2) is 4.98 Å². The van der Waals surface area contributed by atoms with E-state index in [-0.39, 0.29) is 5.91 Å². The number of thiazole rings is 1. The lowest BCUT2D eigenvalue weighted by Crippen LogP contribution is -2.39. The fourth-order valence-corrected chi connectivity index (χ4v) is 4.64. The van der Waals surface area contributed by atoms with E-state index in [2.05, 4.69) is 15.2 Å². The summed E-state index contributed by atoms with van der Waals surface area (Å²) in [5, 5.41) is 3.63. The first-order valence-corrected chi connectivity index (χ1v) is 9.71. The molecule has 2 aliphatic rings. The van der Waals surface area contributed by atoms with Crippen LogP contribution in [0.1, 0.15) is 23.4 Å². The molecule has 1 saturated heterocycles. The first-order chi connectivity index (χ1) is 10.7. The third-order valence-electron chi connectivity index (χ3n) is 3.69. The van der Waals surface area contributed by atoms with Crippen LogP contribution in [0.25, 0.3) is 0 Å². The Labute approximate surface area is 143 Å². The number of amides is 1. The highest BCUT2D eigenvalue weighted by Crippen LogP contribution is 2.29. The third kappa shape index (κ3) is 4.18. The summed E-state index contributed by atoms with van der Waals surface area (Å²) in [4.78, 5) is 20.0. The molecule has 8 heteroatoms. The smallest absolute Gasteiger partial charge is 0.236 e. The molecule has 0 spiro atoms. The Morgan fingerprint density at radius 2 is 2.14 bits per heavy atom. The van der Waals surface area contributed by atoms with Gasteiger partial charge in [-0.2, -0.15) is 0 Å². The van der Waals surface area contributed by atoms with Gasteiger partial charge in [0.05, 0.1) is 24.7 Å². The zero-order valence-electron chi connectivity index (χ0n) is 12.3. The van der Waals surface area contributed by atoms with Gasteiger partial charge in [0.2, 0.25) is 5.91 Å². The molecule has 3 rings (SSSR count). The number of carbonyl (C=O) groups excluding carboxylic acids is 1. The number of aromatic nitrogens is 1. The standard InChI is InChI=1S/C14H19N3O2S3/c18-12(9-21-14(20)17-5-7-19-8-6-17)16-13-15-10-3-1-2-4-11(10)22-13/h1-9H2,(H,15,16,18). The van der Waals surface area contributed by atoms with Crippen LogP contribution in [0, 0.1) is 0 Å². The van der Waals surface area contributed by atoms with E-state index >= 15 is 0 Å². The van der Waals surface area contributed by atoms with E-state index in [0.29, 0.717) is 19.0 Å². The lowest BCUT2D eigenvalue weighted by molar-refractivity contribution is -0.113. The number of hydrogen-bond acceptors (Lipinski definition) is 6. The lowest BCUT2D eigenvalue weighted by Gasteiger charge is -2.28. The molecule has 1 aliphatic heterocycles. The lowest BCUT2D eigenvalue weighted by atomic mass is 10.0. The molecular weight excluding hydrogens is 338 g/mol. The number of thiocarbonyl (C=S) groups is 1. The molecular formula is C14H19N3O2S3. The maximum Gasteiger partial charge on any atom is 0.236 e. The van der Waals surface area contributed by atoms with Gasteiger partial charge >= 0.3 is 0 Å². The second-order valence-electron chi connectivity index (χ2n) is 5.30. The maximum absolute atomic E-state index is 12.0. The molecule has 1 N–H and O–H groups in total. The number of ether oxygens (including phenoxy) is 1. The first kappa shape index (κ1) is 16.2. The van der Waals surface area contributed by atoms with E-state index in [1.807, 2.05) is 0 Å². The van der Waals surface area contributed by atoms with Gasteiger partial charge in [0.25, 0.3) is 0 Å². The van der Waals surface area contributed by atoms with Gasteiger partial charge in [0.1, 0.15) is 4.32 Å². The Kier molecular flexibility index (Phi) is 5.67. The predicted octanol–water partition coefficient (Wildman–Crippen LogP) is 2.31. The van der Waals surface area contributed by atoms with Gasteiger partial charge in [0, 0.05) is 18.0 Å². The van der Waals surface area contributed by atoms with Crippen LogP contribution in [0.3, 0.4) is 0 Å². The highest BCUT2D eigenvalue weighted by Gasteiger charge is 2.18. The van der Waals surface area contributed by atoms with Gasteiger partial charge in [-0.05, 0) is 25.7 Å². The van der Waals surface area contributed by atoms with Crippen molar-refractivity contribution in [1.29, 1.82) is 0 Å². The zero-order chi connectivity index (χ0) is 15.4. The number of morpholine rings is 1. The Morgan fingerprint density at radius 1 is 1.36 bits per heavy atom. The van der Waals surface area contributed by atoms with Crippen molar-refractivity contribution in [2.45, 2.75) is 25.7 Å². The van der Waals surface area contributed by atoms with Crippen molar-refractivity contribution in [2.24, 2.45) is 0 Å². The van der Waals surface area contributed by atoms with E-state index in [9.17, 15) is 4.79 Å². The average molecular weight is 358 g/mol. The number of carbonyl (C=O) groups is 1. The minimum atomic E-state index is -0.0355. The van der Waals surface area contributed by atoms with Crippen LogP contribution in [-0.2, 0) is 22.4 Å². The van der Waals surface area contributed by atoms with Crippen molar-refractivity contribution in [3.63, 3.8) is 0 Å². The second-order valence-corrected chi connectivity index (χ2v) is 7.99. The molecule has 0 aromatic carbocycles. The van der Waals surface area contributed by atoms with E-state index in [1.165, 1.54) is 35.2 Å². The normalized spacial score (nSPS) is 17.9. The van der Waals surface area contributed by atoms with E-state index in [1.54, 1.807) is 11.3 Å². The van der Waals surface area contributed by atoms with Gasteiger partial charge in [-0.1, -0.05) is 24.0 Å². The summed E-state index contributed by atoms with van der Waals surface area (Å²) in [6.07, 6.45) is 4.57. The molecule has 0 bridgehead atoms. The Balaban J connectivity index is 1.46. The molecule has 22 heavy (non-hydrogen) atoms. The Morgan fingerprint density at radius 3 is 2.91 bits per heavy atom. The van der Waals surface area contributed by atoms with Crippen molar-refractivity contribution in [3.05, 3.63) is 10.6 Å². The Hall–Kier alpha value is -0.700. The largest absolute Gasteiger partial charge is 0.378 e. The zero-order valence-corrected chi connectivity index (χ0v) is 14.7. The van der Waals surface area contributed by atoms with Gasteiger partial charge in [-0.3, -0.25) is 4.79 Å². The van der Waals surface area contributed by atoms with Crippen molar-refractivity contribution in [3.8, 4) is 0 Å². The first-order valence-electron chi connectivity index (χ1n) is 7.50. The summed E-state index contributed by atoms with van der Waals surface area (Å²) < 4.78 is 6.07. The second kappa shape index (κ2) is 7.72. The van der Waals surface area contributed by atoms with Crippen molar-refractivity contribution >= 4 is 50.7 Å². The quantitative estimate of drug-likeness (QED) is 0.838. The minimum Gasteiger partial charge on any atom is -0.378 e. The number of thioether (sulfide) groups is 1. The summed E-state index contributed by atoms with van der Waals surface area (Å²) in [7, 11) is 0. The van der Waals surface area contributed by atoms with Crippen LogP contribution in [0.15, 0.2) is 0 Å². The molecule has 1 aromatic heterocycles.